The third kappa shape index (κ3) is 3.81. The summed E-state index contributed by atoms with van der Waals surface area (Å²) in [5, 5.41) is 12.5. The summed E-state index contributed by atoms with van der Waals surface area (Å²) in [6.07, 6.45) is 1.82. The minimum Gasteiger partial charge on any atom is -0.386 e. The monoisotopic (exact) mass is 414 g/mol. The van der Waals surface area contributed by atoms with Crippen molar-refractivity contribution in [2.24, 2.45) is 11.8 Å². The normalized spacial score (nSPS) is 19.8. The van der Waals surface area contributed by atoms with Crippen molar-refractivity contribution in [2.75, 3.05) is 13.1 Å². The average Bonchev–Trinajstić information content (AvgIpc) is 2.95. The second-order valence-corrected chi connectivity index (χ2v) is 9.16. The van der Waals surface area contributed by atoms with E-state index in [0.717, 1.165) is 23.9 Å². The predicted molar refractivity (Wildman–Crippen MR) is 114 cm³/mol. The molecular formula is C24H28F2N2O2. The van der Waals surface area contributed by atoms with Gasteiger partial charge in [0.2, 0.25) is 5.91 Å². The molecule has 1 saturated heterocycles. The molecule has 2 unspecified atom stereocenters. The largest absolute Gasteiger partial charge is 0.386 e. The van der Waals surface area contributed by atoms with Crippen molar-refractivity contribution >= 4 is 27.7 Å². The Balaban J connectivity index is 1.68. The number of aromatic nitrogens is 1. The number of benzene rings is 2. The fraction of sp³-hybridized carbons (Fsp3) is 0.458. The van der Waals surface area contributed by atoms with Crippen LogP contribution in [0.2, 0.25) is 0 Å². The SMILES string of the molecule is CC(C)C1CCCN(CC(C)(O)Cn2c3ccc(F)cc3c3cc(F)ccc32)C1=O. The molecule has 2 heterocycles. The van der Waals surface area contributed by atoms with Crippen molar-refractivity contribution in [3.8, 4) is 0 Å². The molecule has 4 nitrogen and oxygen atoms in total. The van der Waals surface area contributed by atoms with Gasteiger partial charge in [-0.25, -0.2) is 8.78 Å². The van der Waals surface area contributed by atoms with E-state index in [1.54, 1.807) is 24.0 Å². The van der Waals surface area contributed by atoms with Crippen LogP contribution in [0.1, 0.15) is 33.6 Å². The van der Waals surface area contributed by atoms with Crippen LogP contribution in [-0.4, -0.2) is 39.2 Å². The molecule has 0 bridgehead atoms. The van der Waals surface area contributed by atoms with E-state index in [1.165, 1.54) is 24.3 Å². The Morgan fingerprint density at radius 1 is 1.07 bits per heavy atom. The highest BCUT2D eigenvalue weighted by molar-refractivity contribution is 6.08. The van der Waals surface area contributed by atoms with Crippen LogP contribution < -0.4 is 0 Å². The molecule has 2 atom stereocenters. The van der Waals surface area contributed by atoms with Crippen LogP contribution in [0.3, 0.4) is 0 Å². The summed E-state index contributed by atoms with van der Waals surface area (Å²) in [7, 11) is 0. The first-order chi connectivity index (χ1) is 14.2. The number of aliphatic hydroxyl groups is 1. The quantitative estimate of drug-likeness (QED) is 0.657. The molecule has 1 fully saturated rings. The first-order valence-corrected chi connectivity index (χ1v) is 10.5. The van der Waals surface area contributed by atoms with Crippen molar-refractivity contribution in [1.82, 2.24) is 9.47 Å². The van der Waals surface area contributed by atoms with Crippen LogP contribution in [-0.2, 0) is 11.3 Å². The number of nitrogens with zero attached hydrogens (tertiary/aromatic N) is 2. The maximum atomic E-state index is 13.9. The van der Waals surface area contributed by atoms with Gasteiger partial charge in [-0.3, -0.25) is 4.79 Å². The van der Waals surface area contributed by atoms with Gasteiger partial charge in [-0.05, 0) is 62.1 Å². The lowest BCUT2D eigenvalue weighted by Crippen LogP contribution is -2.51. The molecule has 1 aromatic heterocycles. The Hall–Kier alpha value is -2.47. The summed E-state index contributed by atoms with van der Waals surface area (Å²) >= 11 is 0. The van der Waals surface area contributed by atoms with Crippen LogP contribution >= 0.6 is 0 Å². The summed E-state index contributed by atoms with van der Waals surface area (Å²) in [5.74, 6) is -0.420. The molecule has 30 heavy (non-hydrogen) atoms. The van der Waals surface area contributed by atoms with Gasteiger partial charge < -0.3 is 14.6 Å². The standard InChI is InChI=1S/C24H28F2N2O2/c1-15(2)18-5-4-10-27(23(18)29)13-24(3,30)14-28-21-8-6-16(25)11-19(21)20-12-17(26)7-9-22(20)28/h6-9,11-12,15,18,30H,4-5,10,13-14H2,1-3H3. The summed E-state index contributed by atoms with van der Waals surface area (Å²) in [4.78, 5) is 14.6. The number of hydrogen-bond donors (Lipinski definition) is 1. The zero-order valence-electron chi connectivity index (χ0n) is 17.7. The highest BCUT2D eigenvalue weighted by Gasteiger charge is 2.35. The van der Waals surface area contributed by atoms with Crippen molar-refractivity contribution < 1.29 is 18.7 Å². The molecule has 0 aliphatic carbocycles. The van der Waals surface area contributed by atoms with Crippen LogP contribution in [0.15, 0.2) is 36.4 Å². The number of amides is 1. The van der Waals surface area contributed by atoms with E-state index in [-0.39, 0.29) is 30.8 Å². The lowest BCUT2D eigenvalue weighted by molar-refractivity contribution is -0.144. The minimum absolute atomic E-state index is 0.00580. The third-order valence-corrected chi connectivity index (χ3v) is 6.20. The number of carbonyl (C=O) groups is 1. The summed E-state index contributed by atoms with van der Waals surface area (Å²) in [6.45, 7) is 6.89. The number of fused-ring (bicyclic) bond motifs is 3. The molecule has 0 spiro atoms. The molecule has 1 aliphatic rings. The Kier molecular flexibility index (Phi) is 5.30. The van der Waals surface area contributed by atoms with E-state index in [9.17, 15) is 18.7 Å². The minimum atomic E-state index is -1.20. The van der Waals surface area contributed by atoms with Crippen molar-refractivity contribution in [3.05, 3.63) is 48.0 Å². The molecule has 1 N–H and O–H groups in total. The molecule has 0 radical (unpaired) electrons. The maximum absolute atomic E-state index is 13.9. The molecule has 4 rings (SSSR count). The highest BCUT2D eigenvalue weighted by atomic mass is 19.1. The zero-order valence-corrected chi connectivity index (χ0v) is 17.7. The topological polar surface area (TPSA) is 45.5 Å². The number of hydrogen-bond acceptors (Lipinski definition) is 2. The smallest absolute Gasteiger partial charge is 0.226 e. The number of rotatable bonds is 5. The molecule has 1 aliphatic heterocycles. The summed E-state index contributed by atoms with van der Waals surface area (Å²) in [6, 6.07) is 8.82. The van der Waals surface area contributed by atoms with E-state index >= 15 is 0 Å². The third-order valence-electron chi connectivity index (χ3n) is 6.20. The van der Waals surface area contributed by atoms with Gasteiger partial charge in [0.15, 0.2) is 0 Å². The van der Waals surface area contributed by atoms with E-state index in [4.69, 9.17) is 0 Å². The Morgan fingerprint density at radius 2 is 1.63 bits per heavy atom. The van der Waals surface area contributed by atoms with Gasteiger partial charge in [0, 0.05) is 34.3 Å². The number of carbonyl (C=O) groups excluding carboxylic acids is 1. The van der Waals surface area contributed by atoms with Gasteiger partial charge in [-0.1, -0.05) is 13.8 Å². The van der Waals surface area contributed by atoms with Gasteiger partial charge in [-0.2, -0.15) is 0 Å². The number of piperidine rings is 1. The zero-order chi connectivity index (χ0) is 21.6. The fourth-order valence-corrected chi connectivity index (χ4v) is 4.77. The Labute approximate surface area is 175 Å². The van der Waals surface area contributed by atoms with E-state index in [2.05, 4.69) is 13.8 Å². The number of halogens is 2. The van der Waals surface area contributed by atoms with E-state index in [1.807, 2.05) is 4.57 Å². The Bertz CT molecular complexity index is 1040. The van der Waals surface area contributed by atoms with Gasteiger partial charge in [0.1, 0.15) is 11.6 Å². The molecule has 2 aromatic carbocycles. The maximum Gasteiger partial charge on any atom is 0.226 e. The molecule has 160 valence electrons. The average molecular weight is 414 g/mol. The second-order valence-electron chi connectivity index (χ2n) is 9.16. The number of likely N-dealkylation sites (tertiary alicyclic amines) is 1. The molecule has 3 aromatic rings. The predicted octanol–water partition coefficient (Wildman–Crippen LogP) is 4.72. The van der Waals surface area contributed by atoms with Crippen molar-refractivity contribution in [2.45, 2.75) is 45.8 Å². The van der Waals surface area contributed by atoms with Crippen LogP contribution in [0, 0.1) is 23.5 Å². The summed E-state index contributed by atoms with van der Waals surface area (Å²) < 4.78 is 29.6. The first-order valence-electron chi connectivity index (χ1n) is 10.5. The molecule has 1 amide bonds. The van der Waals surface area contributed by atoms with Gasteiger partial charge in [0.25, 0.3) is 0 Å². The lowest BCUT2D eigenvalue weighted by Gasteiger charge is -2.38. The van der Waals surface area contributed by atoms with Gasteiger partial charge >= 0.3 is 0 Å². The van der Waals surface area contributed by atoms with Gasteiger partial charge in [-0.15, -0.1) is 0 Å². The lowest BCUT2D eigenvalue weighted by atomic mass is 9.86. The van der Waals surface area contributed by atoms with Crippen molar-refractivity contribution in [3.63, 3.8) is 0 Å². The van der Waals surface area contributed by atoms with Crippen LogP contribution in [0.4, 0.5) is 8.78 Å². The fourth-order valence-electron chi connectivity index (χ4n) is 4.77. The first kappa shape index (κ1) is 20.8. The molecule has 6 heteroatoms. The van der Waals surface area contributed by atoms with Crippen molar-refractivity contribution in [1.29, 1.82) is 0 Å². The van der Waals surface area contributed by atoms with Crippen LogP contribution in [0.5, 0.6) is 0 Å². The second kappa shape index (κ2) is 7.65. The van der Waals surface area contributed by atoms with Gasteiger partial charge in [0.05, 0.1) is 18.7 Å². The molecular weight excluding hydrogens is 386 g/mol. The summed E-state index contributed by atoms with van der Waals surface area (Å²) in [5.41, 5.74) is 0.250. The Morgan fingerprint density at radius 3 is 2.17 bits per heavy atom. The van der Waals surface area contributed by atoms with Crippen LogP contribution in [0.25, 0.3) is 21.8 Å². The number of β-amino-alcohol motifs (C(OH)–C–C–N with tert-alkyl or cyclic N) is 1. The molecule has 0 saturated carbocycles. The van der Waals surface area contributed by atoms with E-state index in [0.29, 0.717) is 17.3 Å². The highest BCUT2D eigenvalue weighted by Crippen LogP contribution is 2.32. The van der Waals surface area contributed by atoms with E-state index < -0.39 is 17.2 Å².